The lowest BCUT2D eigenvalue weighted by Gasteiger charge is -2.15. The van der Waals surface area contributed by atoms with E-state index >= 15 is 0 Å². The predicted molar refractivity (Wildman–Crippen MR) is 67.5 cm³/mol. The molecule has 0 saturated heterocycles. The monoisotopic (exact) mass is 276 g/mol. The van der Waals surface area contributed by atoms with Crippen molar-refractivity contribution in [3.8, 4) is 0 Å². The largest absolute Gasteiger partial charge is 0.396 e. The van der Waals surface area contributed by atoms with Gasteiger partial charge in [-0.05, 0) is 18.9 Å². The lowest BCUT2D eigenvalue weighted by Crippen LogP contribution is -2.35. The van der Waals surface area contributed by atoms with Gasteiger partial charge in [-0.3, -0.25) is 4.79 Å². The van der Waals surface area contributed by atoms with E-state index in [1.807, 2.05) is 6.92 Å². The third-order valence-electron chi connectivity index (χ3n) is 2.36. The lowest BCUT2D eigenvalue weighted by molar-refractivity contribution is 0.0929. The van der Waals surface area contributed by atoms with Crippen molar-refractivity contribution in [3.05, 3.63) is 28.0 Å². The molecule has 2 N–H and O–H groups in total. The molecular weight excluding hydrogens is 263 g/mol. The molecule has 0 saturated carbocycles. The van der Waals surface area contributed by atoms with Crippen molar-refractivity contribution in [2.45, 2.75) is 25.8 Å². The molecule has 0 aromatic carbocycles. The first-order valence-corrected chi connectivity index (χ1v) is 6.06. The minimum Gasteiger partial charge on any atom is -0.396 e. The maximum Gasteiger partial charge on any atom is 0.253 e. The fraction of sp³-hybridized carbons (Fsp3) is 0.455. The van der Waals surface area contributed by atoms with Gasteiger partial charge in [-0.15, -0.1) is 0 Å². The third kappa shape index (κ3) is 4.15. The molecular formula is C11H14Cl2N2O2. The summed E-state index contributed by atoms with van der Waals surface area (Å²) in [6.07, 6.45) is 2.65. The van der Waals surface area contributed by atoms with Crippen LogP contribution in [-0.4, -0.2) is 28.6 Å². The molecule has 0 aliphatic carbocycles. The zero-order chi connectivity index (χ0) is 12.8. The Hall–Kier alpha value is -0.840. The van der Waals surface area contributed by atoms with Crippen LogP contribution in [0.3, 0.4) is 0 Å². The van der Waals surface area contributed by atoms with Crippen molar-refractivity contribution in [1.82, 2.24) is 10.3 Å². The van der Waals surface area contributed by atoms with E-state index in [-0.39, 0.29) is 28.7 Å². The molecule has 94 valence electrons. The molecule has 0 aliphatic heterocycles. The number of aliphatic hydroxyl groups is 1. The zero-order valence-corrected chi connectivity index (χ0v) is 10.9. The molecule has 1 aromatic rings. The second-order valence-corrected chi connectivity index (χ2v) is 4.35. The molecule has 0 spiro atoms. The molecule has 4 nitrogen and oxygen atoms in total. The first kappa shape index (κ1) is 14.2. The molecule has 0 radical (unpaired) electrons. The SMILES string of the molecule is CCC(CCO)NC(=O)c1cnc(Cl)c(Cl)c1. The Morgan fingerprint density at radius 1 is 1.59 bits per heavy atom. The number of nitrogens with one attached hydrogen (secondary N) is 1. The van der Waals surface area contributed by atoms with Crippen LogP contribution < -0.4 is 5.32 Å². The fourth-order valence-corrected chi connectivity index (χ4v) is 1.62. The summed E-state index contributed by atoms with van der Waals surface area (Å²) in [4.78, 5) is 15.6. The van der Waals surface area contributed by atoms with Crippen LogP contribution in [0.1, 0.15) is 30.1 Å². The van der Waals surface area contributed by atoms with Gasteiger partial charge in [0.05, 0.1) is 10.6 Å². The summed E-state index contributed by atoms with van der Waals surface area (Å²) in [6.45, 7) is 1.98. The van der Waals surface area contributed by atoms with Crippen LogP contribution in [0.4, 0.5) is 0 Å². The highest BCUT2D eigenvalue weighted by Gasteiger charge is 2.13. The van der Waals surface area contributed by atoms with Crippen molar-refractivity contribution in [1.29, 1.82) is 0 Å². The number of rotatable bonds is 5. The summed E-state index contributed by atoms with van der Waals surface area (Å²) in [7, 11) is 0. The van der Waals surface area contributed by atoms with E-state index in [1.165, 1.54) is 12.3 Å². The molecule has 1 amide bonds. The van der Waals surface area contributed by atoms with Crippen molar-refractivity contribution >= 4 is 29.1 Å². The van der Waals surface area contributed by atoms with Gasteiger partial charge in [-0.2, -0.15) is 0 Å². The van der Waals surface area contributed by atoms with Crippen LogP contribution in [0.5, 0.6) is 0 Å². The number of aliphatic hydroxyl groups excluding tert-OH is 1. The highest BCUT2D eigenvalue weighted by molar-refractivity contribution is 6.41. The van der Waals surface area contributed by atoms with E-state index in [0.717, 1.165) is 6.42 Å². The van der Waals surface area contributed by atoms with Gasteiger partial charge in [-0.25, -0.2) is 4.98 Å². The summed E-state index contributed by atoms with van der Waals surface area (Å²) in [5.41, 5.74) is 0.357. The summed E-state index contributed by atoms with van der Waals surface area (Å²) in [5, 5.41) is 12.0. The number of nitrogens with zero attached hydrogens (tertiary/aromatic N) is 1. The van der Waals surface area contributed by atoms with Gasteiger partial charge in [0, 0.05) is 18.8 Å². The smallest absolute Gasteiger partial charge is 0.253 e. The quantitative estimate of drug-likeness (QED) is 0.812. The van der Waals surface area contributed by atoms with Crippen molar-refractivity contribution in [2.75, 3.05) is 6.61 Å². The first-order valence-electron chi connectivity index (χ1n) is 5.31. The molecule has 1 unspecified atom stereocenters. The van der Waals surface area contributed by atoms with Crippen molar-refractivity contribution < 1.29 is 9.90 Å². The van der Waals surface area contributed by atoms with E-state index in [1.54, 1.807) is 0 Å². The van der Waals surface area contributed by atoms with E-state index in [4.69, 9.17) is 28.3 Å². The van der Waals surface area contributed by atoms with Crippen LogP contribution in [0, 0.1) is 0 Å². The van der Waals surface area contributed by atoms with Gasteiger partial charge < -0.3 is 10.4 Å². The third-order valence-corrected chi connectivity index (χ3v) is 3.05. The molecule has 17 heavy (non-hydrogen) atoms. The van der Waals surface area contributed by atoms with E-state index in [9.17, 15) is 4.79 Å². The highest BCUT2D eigenvalue weighted by Crippen LogP contribution is 2.19. The van der Waals surface area contributed by atoms with E-state index < -0.39 is 0 Å². The normalized spacial score (nSPS) is 12.2. The summed E-state index contributed by atoms with van der Waals surface area (Å²) in [6, 6.07) is 1.42. The van der Waals surface area contributed by atoms with Gasteiger partial charge in [-0.1, -0.05) is 30.1 Å². The topological polar surface area (TPSA) is 62.2 Å². The van der Waals surface area contributed by atoms with Crippen LogP contribution in [0.15, 0.2) is 12.3 Å². The van der Waals surface area contributed by atoms with Gasteiger partial charge in [0.15, 0.2) is 0 Å². The Labute approximate surface area is 110 Å². The minimum absolute atomic E-state index is 0.0401. The van der Waals surface area contributed by atoms with E-state index in [2.05, 4.69) is 10.3 Å². The number of pyridine rings is 1. The molecule has 1 heterocycles. The lowest BCUT2D eigenvalue weighted by atomic mass is 10.1. The Morgan fingerprint density at radius 3 is 2.82 bits per heavy atom. The average Bonchev–Trinajstić information content (AvgIpc) is 2.31. The number of halogens is 2. The fourth-order valence-electron chi connectivity index (χ4n) is 1.35. The molecule has 1 aromatic heterocycles. The molecule has 6 heteroatoms. The summed E-state index contributed by atoms with van der Waals surface area (Å²) < 4.78 is 0. The molecule has 0 aliphatic rings. The zero-order valence-electron chi connectivity index (χ0n) is 9.41. The molecule has 0 bridgehead atoms. The number of aromatic nitrogens is 1. The Balaban J connectivity index is 2.72. The second-order valence-electron chi connectivity index (χ2n) is 3.59. The highest BCUT2D eigenvalue weighted by atomic mass is 35.5. The standard InChI is InChI=1S/C11H14Cl2N2O2/c1-2-8(3-4-16)15-11(17)7-5-9(12)10(13)14-6-7/h5-6,8,16H,2-4H2,1H3,(H,15,17). The number of hydrogen-bond donors (Lipinski definition) is 2. The maximum absolute atomic E-state index is 11.8. The van der Waals surface area contributed by atoms with Gasteiger partial charge in [0.1, 0.15) is 5.15 Å². The summed E-state index contributed by atoms with van der Waals surface area (Å²) in [5.74, 6) is -0.267. The van der Waals surface area contributed by atoms with Crippen LogP contribution in [0.2, 0.25) is 10.2 Å². The number of hydrogen-bond acceptors (Lipinski definition) is 3. The summed E-state index contributed by atoms with van der Waals surface area (Å²) >= 11 is 11.4. The average molecular weight is 277 g/mol. The predicted octanol–water partition coefficient (Wildman–Crippen LogP) is 2.28. The molecule has 1 rings (SSSR count). The molecule has 0 fully saturated rings. The van der Waals surface area contributed by atoms with Crippen molar-refractivity contribution in [3.63, 3.8) is 0 Å². The number of carbonyl (C=O) groups is 1. The Bertz CT molecular complexity index is 399. The molecule has 1 atom stereocenters. The van der Waals surface area contributed by atoms with Gasteiger partial charge in [0.2, 0.25) is 0 Å². The number of amides is 1. The van der Waals surface area contributed by atoms with Crippen LogP contribution in [0.25, 0.3) is 0 Å². The minimum atomic E-state index is -0.267. The van der Waals surface area contributed by atoms with Crippen molar-refractivity contribution in [2.24, 2.45) is 0 Å². The maximum atomic E-state index is 11.8. The van der Waals surface area contributed by atoms with E-state index in [0.29, 0.717) is 12.0 Å². The van der Waals surface area contributed by atoms with Gasteiger partial charge in [0.25, 0.3) is 5.91 Å². The Kier molecular flexibility index (Phi) is 5.68. The van der Waals surface area contributed by atoms with Gasteiger partial charge >= 0.3 is 0 Å². The Morgan fingerprint density at radius 2 is 2.29 bits per heavy atom. The second kappa shape index (κ2) is 6.79. The first-order chi connectivity index (χ1) is 8.08. The van der Waals surface area contributed by atoms with Crippen LogP contribution >= 0.6 is 23.2 Å². The number of carbonyl (C=O) groups excluding carboxylic acids is 1. The van der Waals surface area contributed by atoms with Crippen LogP contribution in [-0.2, 0) is 0 Å².